The van der Waals surface area contributed by atoms with Crippen molar-refractivity contribution in [3.05, 3.63) is 29.0 Å². The number of amides is 1. The number of methoxy groups -OCH3 is 1. The van der Waals surface area contributed by atoms with E-state index in [1.54, 1.807) is 11.8 Å². The molecule has 1 aromatic heterocycles. The summed E-state index contributed by atoms with van der Waals surface area (Å²) in [5, 5.41) is 7.61. The lowest BCUT2D eigenvalue weighted by molar-refractivity contribution is -0.122. The average Bonchev–Trinajstić information content (AvgIpc) is 2.96. The number of aromatic nitrogens is 3. The molecule has 0 aliphatic carbocycles. The summed E-state index contributed by atoms with van der Waals surface area (Å²) in [5.74, 6) is 1.61. The molecular weight excluding hydrogens is 362 g/mol. The molecule has 1 N–H and O–H groups in total. The summed E-state index contributed by atoms with van der Waals surface area (Å²) >= 11 is 5.65. The molecule has 8 heteroatoms. The average molecular weight is 392 g/mol. The normalized spacial score (nSPS) is 11.2. The second-order valence-electron chi connectivity index (χ2n) is 6.80. The Morgan fingerprint density at radius 3 is 2.56 bits per heavy atom. The molecule has 0 atom stereocenters. The Morgan fingerprint density at radius 1 is 1.33 bits per heavy atom. The van der Waals surface area contributed by atoms with Crippen molar-refractivity contribution in [3.63, 3.8) is 0 Å². The Kier molecular flexibility index (Phi) is 7.55. The SMILES string of the molecule is CCCNC(=O)CN(C)Cn1nc(-c2ccc(OC)cc2)n(C(C)C)c1=S. The van der Waals surface area contributed by atoms with Gasteiger partial charge in [-0.15, -0.1) is 0 Å². The Bertz CT molecular complexity index is 810. The molecule has 1 amide bonds. The topological polar surface area (TPSA) is 64.3 Å². The Morgan fingerprint density at radius 2 is 2.00 bits per heavy atom. The molecule has 2 aromatic rings. The monoisotopic (exact) mass is 391 g/mol. The van der Waals surface area contributed by atoms with Gasteiger partial charge in [-0.1, -0.05) is 6.92 Å². The molecular formula is C19H29N5O2S. The van der Waals surface area contributed by atoms with Gasteiger partial charge < -0.3 is 10.1 Å². The lowest BCUT2D eigenvalue weighted by Crippen LogP contribution is -2.36. The highest BCUT2D eigenvalue weighted by atomic mass is 32.1. The van der Waals surface area contributed by atoms with Crippen LogP contribution in [0.1, 0.15) is 33.2 Å². The summed E-state index contributed by atoms with van der Waals surface area (Å²) in [7, 11) is 3.53. The standard InChI is InChI=1S/C19H29N5O2S/c1-6-11-20-17(25)12-22(4)13-23-19(27)24(14(2)3)18(21-23)15-7-9-16(26-5)10-8-15/h7-10,14H,6,11-13H2,1-5H3,(H,20,25). The zero-order valence-electron chi connectivity index (χ0n) is 16.7. The summed E-state index contributed by atoms with van der Waals surface area (Å²) in [6, 6.07) is 7.93. The van der Waals surface area contributed by atoms with E-state index in [1.807, 2.05) is 47.7 Å². The van der Waals surface area contributed by atoms with Crippen LogP contribution in [0.5, 0.6) is 5.75 Å². The van der Waals surface area contributed by atoms with Crippen molar-refractivity contribution in [2.24, 2.45) is 0 Å². The van der Waals surface area contributed by atoms with Crippen molar-refractivity contribution in [3.8, 4) is 17.1 Å². The van der Waals surface area contributed by atoms with Crippen molar-refractivity contribution < 1.29 is 9.53 Å². The van der Waals surface area contributed by atoms with Crippen LogP contribution in [-0.2, 0) is 11.5 Å². The number of rotatable bonds is 9. The quantitative estimate of drug-likeness (QED) is 0.666. The van der Waals surface area contributed by atoms with Crippen LogP contribution >= 0.6 is 12.2 Å². The number of hydrogen-bond acceptors (Lipinski definition) is 5. The molecule has 1 heterocycles. The van der Waals surface area contributed by atoms with E-state index in [-0.39, 0.29) is 11.9 Å². The fraction of sp³-hybridized carbons (Fsp3) is 0.526. The molecule has 27 heavy (non-hydrogen) atoms. The number of ether oxygens (including phenoxy) is 1. The first-order chi connectivity index (χ1) is 12.9. The van der Waals surface area contributed by atoms with Gasteiger partial charge in [-0.2, -0.15) is 5.10 Å². The van der Waals surface area contributed by atoms with Gasteiger partial charge >= 0.3 is 0 Å². The van der Waals surface area contributed by atoms with E-state index in [1.165, 1.54) is 0 Å². The molecule has 0 bridgehead atoms. The first kappa shape index (κ1) is 21.1. The fourth-order valence-corrected chi connectivity index (χ4v) is 3.15. The predicted molar refractivity (Wildman–Crippen MR) is 109 cm³/mol. The summed E-state index contributed by atoms with van der Waals surface area (Å²) in [6.07, 6.45) is 0.921. The lowest BCUT2D eigenvalue weighted by atomic mass is 10.2. The van der Waals surface area contributed by atoms with Gasteiger partial charge in [0, 0.05) is 18.2 Å². The minimum atomic E-state index is 0.00420. The van der Waals surface area contributed by atoms with Crippen LogP contribution in [-0.4, -0.2) is 52.4 Å². The maximum Gasteiger partial charge on any atom is 0.234 e. The number of hydrogen-bond donors (Lipinski definition) is 1. The minimum Gasteiger partial charge on any atom is -0.497 e. The van der Waals surface area contributed by atoms with Gasteiger partial charge in [-0.3, -0.25) is 14.3 Å². The number of likely N-dealkylation sites (N-methyl/N-ethyl adjacent to an activating group) is 1. The minimum absolute atomic E-state index is 0.00420. The number of benzene rings is 1. The molecule has 148 valence electrons. The smallest absolute Gasteiger partial charge is 0.234 e. The van der Waals surface area contributed by atoms with E-state index in [0.717, 1.165) is 23.6 Å². The van der Waals surface area contributed by atoms with Gasteiger partial charge in [-0.25, -0.2) is 4.68 Å². The van der Waals surface area contributed by atoms with Crippen molar-refractivity contribution in [1.82, 2.24) is 24.6 Å². The zero-order valence-corrected chi connectivity index (χ0v) is 17.5. The van der Waals surface area contributed by atoms with E-state index in [4.69, 9.17) is 22.1 Å². The first-order valence-corrected chi connectivity index (χ1v) is 9.57. The number of carbonyl (C=O) groups excluding carboxylic acids is 1. The summed E-state index contributed by atoms with van der Waals surface area (Å²) in [6.45, 7) is 7.63. The first-order valence-electron chi connectivity index (χ1n) is 9.16. The molecule has 0 aliphatic heterocycles. The zero-order chi connectivity index (χ0) is 20.0. The molecule has 7 nitrogen and oxygen atoms in total. The largest absolute Gasteiger partial charge is 0.497 e. The van der Waals surface area contributed by atoms with Gasteiger partial charge in [0.1, 0.15) is 5.75 Å². The molecule has 2 rings (SSSR count). The Balaban J connectivity index is 2.25. The number of carbonyl (C=O) groups is 1. The molecule has 0 fully saturated rings. The van der Waals surface area contributed by atoms with E-state index >= 15 is 0 Å². The molecule has 0 radical (unpaired) electrons. The Labute approximate surface area is 165 Å². The van der Waals surface area contributed by atoms with E-state index in [9.17, 15) is 4.79 Å². The number of nitrogens with one attached hydrogen (secondary N) is 1. The fourth-order valence-electron chi connectivity index (χ4n) is 2.76. The van der Waals surface area contributed by atoms with Crippen LogP contribution in [0.15, 0.2) is 24.3 Å². The highest BCUT2D eigenvalue weighted by molar-refractivity contribution is 7.71. The highest BCUT2D eigenvalue weighted by Gasteiger charge is 2.17. The second kappa shape index (κ2) is 9.66. The van der Waals surface area contributed by atoms with Crippen LogP contribution < -0.4 is 10.1 Å². The molecule has 0 saturated heterocycles. The van der Waals surface area contributed by atoms with Crippen LogP contribution in [0.25, 0.3) is 11.4 Å². The maximum absolute atomic E-state index is 11.9. The second-order valence-corrected chi connectivity index (χ2v) is 7.17. The maximum atomic E-state index is 11.9. The van der Waals surface area contributed by atoms with Gasteiger partial charge in [0.2, 0.25) is 5.91 Å². The van der Waals surface area contributed by atoms with E-state index in [0.29, 0.717) is 24.5 Å². The summed E-state index contributed by atoms with van der Waals surface area (Å²) in [5.41, 5.74) is 0.970. The third kappa shape index (κ3) is 5.40. The van der Waals surface area contributed by atoms with Crippen LogP contribution in [0.2, 0.25) is 0 Å². The van der Waals surface area contributed by atoms with Gasteiger partial charge in [0.15, 0.2) is 10.6 Å². The Hall–Kier alpha value is -2.19. The molecule has 0 unspecified atom stereocenters. The van der Waals surface area contributed by atoms with Crippen molar-refractivity contribution in [2.45, 2.75) is 39.9 Å². The number of nitrogens with zero attached hydrogens (tertiary/aromatic N) is 4. The summed E-state index contributed by atoms with van der Waals surface area (Å²) in [4.78, 5) is 13.8. The van der Waals surface area contributed by atoms with E-state index in [2.05, 4.69) is 19.2 Å². The summed E-state index contributed by atoms with van der Waals surface area (Å²) < 4.78 is 9.66. The van der Waals surface area contributed by atoms with Crippen LogP contribution in [0.3, 0.4) is 0 Å². The van der Waals surface area contributed by atoms with Crippen molar-refractivity contribution in [1.29, 1.82) is 0 Å². The van der Waals surface area contributed by atoms with Crippen molar-refractivity contribution in [2.75, 3.05) is 27.2 Å². The molecule has 0 spiro atoms. The van der Waals surface area contributed by atoms with Gasteiger partial charge in [0.05, 0.1) is 20.3 Å². The van der Waals surface area contributed by atoms with E-state index < -0.39 is 0 Å². The molecule has 1 aromatic carbocycles. The highest BCUT2D eigenvalue weighted by Crippen LogP contribution is 2.24. The van der Waals surface area contributed by atoms with Crippen LogP contribution in [0.4, 0.5) is 0 Å². The van der Waals surface area contributed by atoms with Crippen molar-refractivity contribution >= 4 is 18.1 Å². The third-order valence-corrected chi connectivity index (χ3v) is 4.50. The predicted octanol–water partition coefficient (Wildman–Crippen LogP) is 3.09. The molecule has 0 saturated carbocycles. The lowest BCUT2D eigenvalue weighted by Gasteiger charge is -2.16. The van der Waals surface area contributed by atoms with Gasteiger partial charge in [0.25, 0.3) is 0 Å². The van der Waals surface area contributed by atoms with Crippen LogP contribution in [0, 0.1) is 4.77 Å². The third-order valence-electron chi connectivity index (χ3n) is 4.10. The van der Waals surface area contributed by atoms with Gasteiger partial charge in [-0.05, 0) is 63.8 Å². The molecule has 0 aliphatic rings.